The van der Waals surface area contributed by atoms with Crippen molar-refractivity contribution in [3.8, 4) is 0 Å². The zero-order valence-electron chi connectivity index (χ0n) is 12.1. The molecule has 1 aliphatic heterocycles. The van der Waals surface area contributed by atoms with Crippen molar-refractivity contribution < 1.29 is 17.9 Å². The van der Waals surface area contributed by atoms with Gasteiger partial charge in [-0.05, 0) is 51.3 Å². The molecule has 1 saturated heterocycles. The molecule has 0 radical (unpaired) electrons. The highest BCUT2D eigenvalue weighted by Gasteiger charge is 2.30. The molecule has 21 heavy (non-hydrogen) atoms. The molecule has 0 spiro atoms. The molecule has 118 valence electrons. The average molecular weight is 302 g/mol. The van der Waals surface area contributed by atoms with Gasteiger partial charge in [-0.25, -0.2) is 0 Å². The molecule has 0 aliphatic carbocycles. The highest BCUT2D eigenvalue weighted by Crippen LogP contribution is 2.29. The number of hydrogen-bond donors (Lipinski definition) is 1. The Hall–Kier alpha value is -1.14. The van der Waals surface area contributed by atoms with E-state index in [-0.39, 0.29) is 6.04 Å². The largest absolute Gasteiger partial charge is 0.417 e. The van der Waals surface area contributed by atoms with Gasteiger partial charge >= 0.3 is 6.18 Å². The second-order valence-electron chi connectivity index (χ2n) is 5.38. The normalized spacial score (nSPS) is 20.7. The maximum Gasteiger partial charge on any atom is 0.417 e. The van der Waals surface area contributed by atoms with E-state index in [4.69, 9.17) is 4.74 Å². The highest BCUT2D eigenvalue weighted by molar-refractivity contribution is 5.18. The SMILES string of the molecule is CNC(CCCC1CCCO1)c1ccc(C(F)(F)F)cn1. The van der Waals surface area contributed by atoms with Crippen LogP contribution in [-0.2, 0) is 10.9 Å². The van der Waals surface area contributed by atoms with E-state index < -0.39 is 11.7 Å². The first-order valence-corrected chi connectivity index (χ1v) is 7.32. The van der Waals surface area contributed by atoms with E-state index in [9.17, 15) is 13.2 Å². The number of rotatable bonds is 6. The maximum absolute atomic E-state index is 12.5. The summed E-state index contributed by atoms with van der Waals surface area (Å²) in [5.41, 5.74) is -0.0571. The van der Waals surface area contributed by atoms with Crippen molar-refractivity contribution in [3.63, 3.8) is 0 Å². The van der Waals surface area contributed by atoms with Crippen LogP contribution in [0.5, 0.6) is 0 Å². The second-order valence-corrected chi connectivity index (χ2v) is 5.38. The van der Waals surface area contributed by atoms with E-state index in [1.807, 2.05) is 0 Å². The van der Waals surface area contributed by atoms with Crippen LogP contribution in [0.25, 0.3) is 0 Å². The smallest absolute Gasteiger partial charge is 0.378 e. The van der Waals surface area contributed by atoms with E-state index in [2.05, 4.69) is 10.3 Å². The van der Waals surface area contributed by atoms with Gasteiger partial charge in [0, 0.05) is 18.8 Å². The van der Waals surface area contributed by atoms with Gasteiger partial charge in [-0.2, -0.15) is 13.2 Å². The van der Waals surface area contributed by atoms with Crippen molar-refractivity contribution in [3.05, 3.63) is 29.6 Å². The minimum atomic E-state index is -4.33. The third-order valence-electron chi connectivity index (χ3n) is 3.86. The van der Waals surface area contributed by atoms with Crippen molar-refractivity contribution in [2.24, 2.45) is 0 Å². The third-order valence-corrected chi connectivity index (χ3v) is 3.86. The lowest BCUT2D eigenvalue weighted by Crippen LogP contribution is -2.19. The molecule has 2 atom stereocenters. The Kier molecular flexibility index (Phi) is 5.58. The molecule has 2 heterocycles. The molecule has 6 heteroatoms. The Balaban J connectivity index is 1.87. The molecule has 1 N–H and O–H groups in total. The lowest BCUT2D eigenvalue weighted by atomic mass is 10.0. The van der Waals surface area contributed by atoms with E-state index in [1.54, 1.807) is 7.05 Å². The zero-order chi connectivity index (χ0) is 15.3. The summed E-state index contributed by atoms with van der Waals surface area (Å²) in [5, 5.41) is 3.12. The van der Waals surface area contributed by atoms with E-state index in [0.717, 1.165) is 51.0 Å². The van der Waals surface area contributed by atoms with Gasteiger partial charge in [-0.15, -0.1) is 0 Å². The fraction of sp³-hybridized carbons (Fsp3) is 0.667. The summed E-state index contributed by atoms with van der Waals surface area (Å²) in [6, 6.07) is 2.52. The molecule has 1 aliphatic rings. The Morgan fingerprint density at radius 3 is 2.76 bits per heavy atom. The maximum atomic E-state index is 12.5. The van der Waals surface area contributed by atoms with Crippen LogP contribution in [0, 0.1) is 0 Å². The van der Waals surface area contributed by atoms with Crippen LogP contribution in [0.15, 0.2) is 18.3 Å². The molecular formula is C15H21F3N2O. The van der Waals surface area contributed by atoms with Gasteiger partial charge in [-0.1, -0.05) is 0 Å². The predicted molar refractivity (Wildman–Crippen MR) is 73.9 cm³/mol. The predicted octanol–water partition coefficient (Wildman–Crippen LogP) is 3.71. The lowest BCUT2D eigenvalue weighted by Gasteiger charge is -2.17. The topological polar surface area (TPSA) is 34.1 Å². The van der Waals surface area contributed by atoms with Crippen molar-refractivity contribution in [2.45, 2.75) is 50.4 Å². The molecule has 2 unspecified atom stereocenters. The highest BCUT2D eigenvalue weighted by atomic mass is 19.4. The first-order chi connectivity index (χ1) is 10.0. The molecule has 1 fully saturated rings. The Morgan fingerprint density at radius 1 is 1.43 bits per heavy atom. The van der Waals surface area contributed by atoms with Crippen LogP contribution in [-0.4, -0.2) is 24.7 Å². The Morgan fingerprint density at radius 2 is 2.24 bits per heavy atom. The molecule has 1 aromatic heterocycles. The molecule has 0 saturated carbocycles. The fourth-order valence-electron chi connectivity index (χ4n) is 2.64. The van der Waals surface area contributed by atoms with Crippen LogP contribution in [0.2, 0.25) is 0 Å². The van der Waals surface area contributed by atoms with Crippen molar-refractivity contribution in [1.82, 2.24) is 10.3 Å². The summed E-state index contributed by atoms with van der Waals surface area (Å²) in [6.45, 7) is 0.848. The van der Waals surface area contributed by atoms with Crippen molar-refractivity contribution >= 4 is 0 Å². The molecule has 0 aromatic carbocycles. The molecule has 1 aromatic rings. The van der Waals surface area contributed by atoms with Crippen LogP contribution < -0.4 is 5.32 Å². The number of halogens is 3. The number of ether oxygens (including phenoxy) is 1. The molecule has 2 rings (SSSR count). The number of aromatic nitrogens is 1. The van der Waals surface area contributed by atoms with Gasteiger partial charge in [0.1, 0.15) is 0 Å². The molecular weight excluding hydrogens is 281 g/mol. The average Bonchev–Trinajstić information content (AvgIpc) is 2.96. The first-order valence-electron chi connectivity index (χ1n) is 7.32. The minimum Gasteiger partial charge on any atom is -0.378 e. The second kappa shape index (κ2) is 7.22. The van der Waals surface area contributed by atoms with Crippen LogP contribution in [0.3, 0.4) is 0 Å². The molecule has 0 amide bonds. The minimum absolute atomic E-state index is 0.0197. The monoisotopic (exact) mass is 302 g/mol. The van der Waals surface area contributed by atoms with Gasteiger partial charge in [0.2, 0.25) is 0 Å². The van der Waals surface area contributed by atoms with Crippen molar-refractivity contribution in [1.29, 1.82) is 0 Å². The Labute approximate surface area is 122 Å². The van der Waals surface area contributed by atoms with Crippen LogP contribution >= 0.6 is 0 Å². The van der Waals surface area contributed by atoms with E-state index in [1.165, 1.54) is 6.07 Å². The summed E-state index contributed by atoms with van der Waals surface area (Å²) in [7, 11) is 1.80. The van der Waals surface area contributed by atoms with Gasteiger partial charge in [0.15, 0.2) is 0 Å². The number of nitrogens with one attached hydrogen (secondary N) is 1. The van der Waals surface area contributed by atoms with Crippen molar-refractivity contribution in [2.75, 3.05) is 13.7 Å². The van der Waals surface area contributed by atoms with E-state index >= 15 is 0 Å². The molecule has 3 nitrogen and oxygen atoms in total. The number of nitrogens with zero attached hydrogens (tertiary/aromatic N) is 1. The zero-order valence-corrected chi connectivity index (χ0v) is 12.1. The van der Waals surface area contributed by atoms with Crippen LogP contribution in [0.1, 0.15) is 49.4 Å². The first kappa shape index (κ1) is 16.2. The number of pyridine rings is 1. The fourth-order valence-corrected chi connectivity index (χ4v) is 2.64. The summed E-state index contributed by atoms with van der Waals surface area (Å²) in [5.74, 6) is 0. The summed E-state index contributed by atoms with van der Waals surface area (Å²) >= 11 is 0. The third kappa shape index (κ3) is 4.68. The molecule has 0 bridgehead atoms. The van der Waals surface area contributed by atoms with Crippen LogP contribution in [0.4, 0.5) is 13.2 Å². The quantitative estimate of drug-likeness (QED) is 0.870. The summed E-state index contributed by atoms with van der Waals surface area (Å²) in [4.78, 5) is 3.95. The van der Waals surface area contributed by atoms with E-state index in [0.29, 0.717) is 11.8 Å². The lowest BCUT2D eigenvalue weighted by molar-refractivity contribution is -0.137. The summed E-state index contributed by atoms with van der Waals surface area (Å²) < 4.78 is 43.1. The standard InChI is InChI=1S/C15H21F3N2O/c1-19-13(6-2-4-12-5-3-9-21-12)14-8-7-11(10-20-14)15(16,17)18/h7-8,10,12-13,19H,2-6,9H2,1H3. The number of hydrogen-bond acceptors (Lipinski definition) is 3. The Bertz CT molecular complexity index is 428. The van der Waals surface area contributed by atoms with Gasteiger partial charge in [0.05, 0.1) is 17.4 Å². The van der Waals surface area contributed by atoms with Gasteiger partial charge in [0.25, 0.3) is 0 Å². The van der Waals surface area contributed by atoms with Gasteiger partial charge < -0.3 is 10.1 Å². The summed E-state index contributed by atoms with van der Waals surface area (Å²) in [6.07, 6.45) is 1.97. The van der Waals surface area contributed by atoms with Gasteiger partial charge in [-0.3, -0.25) is 4.98 Å². The number of alkyl halides is 3.